The van der Waals surface area contributed by atoms with Gasteiger partial charge in [0, 0.05) is 12.6 Å². The van der Waals surface area contributed by atoms with Crippen molar-refractivity contribution < 1.29 is 9.47 Å². The zero-order valence-corrected chi connectivity index (χ0v) is 10.3. The Morgan fingerprint density at radius 1 is 1.47 bits per heavy atom. The van der Waals surface area contributed by atoms with Gasteiger partial charge < -0.3 is 14.8 Å². The second-order valence-corrected chi connectivity index (χ2v) is 4.37. The predicted molar refractivity (Wildman–Crippen MR) is 62.1 cm³/mol. The molecule has 90 valence electrons. The zero-order chi connectivity index (χ0) is 11.1. The third kappa shape index (κ3) is 4.49. The van der Waals surface area contributed by atoms with Crippen LogP contribution in [0.25, 0.3) is 0 Å². The number of rotatable bonds is 7. The van der Waals surface area contributed by atoms with E-state index in [-0.39, 0.29) is 0 Å². The maximum atomic E-state index is 5.85. The minimum Gasteiger partial charge on any atom is -0.379 e. The van der Waals surface area contributed by atoms with E-state index in [0.717, 1.165) is 32.8 Å². The van der Waals surface area contributed by atoms with Crippen LogP contribution in [0, 0.1) is 5.92 Å². The Balaban J connectivity index is 2.23. The molecule has 0 bridgehead atoms. The van der Waals surface area contributed by atoms with Crippen LogP contribution in [0.3, 0.4) is 0 Å². The van der Waals surface area contributed by atoms with E-state index in [0.29, 0.717) is 18.1 Å². The monoisotopic (exact) mass is 215 g/mol. The molecule has 0 aromatic rings. The first-order chi connectivity index (χ1) is 7.27. The molecule has 1 aliphatic heterocycles. The first kappa shape index (κ1) is 12.9. The van der Waals surface area contributed by atoms with Crippen LogP contribution < -0.4 is 5.32 Å². The van der Waals surface area contributed by atoms with Gasteiger partial charge in [-0.25, -0.2) is 0 Å². The van der Waals surface area contributed by atoms with Gasteiger partial charge in [0.25, 0.3) is 0 Å². The van der Waals surface area contributed by atoms with Gasteiger partial charge in [-0.1, -0.05) is 27.2 Å². The van der Waals surface area contributed by atoms with E-state index in [1.165, 1.54) is 6.42 Å². The largest absolute Gasteiger partial charge is 0.379 e. The van der Waals surface area contributed by atoms with E-state index < -0.39 is 0 Å². The molecular formula is C12H25NO2. The molecule has 0 saturated carbocycles. The van der Waals surface area contributed by atoms with Crippen molar-refractivity contribution in [1.29, 1.82) is 0 Å². The molecule has 0 spiro atoms. The van der Waals surface area contributed by atoms with Crippen LogP contribution in [-0.2, 0) is 9.47 Å². The molecule has 15 heavy (non-hydrogen) atoms. The molecule has 0 aliphatic carbocycles. The van der Waals surface area contributed by atoms with Crippen LogP contribution in [0.15, 0.2) is 0 Å². The van der Waals surface area contributed by atoms with Crippen LogP contribution >= 0.6 is 0 Å². The van der Waals surface area contributed by atoms with Gasteiger partial charge in [-0.3, -0.25) is 0 Å². The highest BCUT2D eigenvalue weighted by atomic mass is 16.5. The SMILES string of the molecule is CCNC(COC1CCOC1)C(C)CC. The maximum absolute atomic E-state index is 5.85. The quantitative estimate of drug-likeness (QED) is 0.702. The molecule has 3 heteroatoms. The van der Waals surface area contributed by atoms with Crippen LogP contribution in [0.2, 0.25) is 0 Å². The molecule has 1 saturated heterocycles. The second-order valence-electron chi connectivity index (χ2n) is 4.37. The van der Waals surface area contributed by atoms with Gasteiger partial charge in [0.1, 0.15) is 0 Å². The fourth-order valence-electron chi connectivity index (χ4n) is 1.86. The lowest BCUT2D eigenvalue weighted by Crippen LogP contribution is -2.39. The van der Waals surface area contributed by atoms with E-state index >= 15 is 0 Å². The first-order valence-corrected chi connectivity index (χ1v) is 6.20. The molecule has 1 aliphatic rings. The van der Waals surface area contributed by atoms with Gasteiger partial charge in [0.05, 0.1) is 19.3 Å². The number of likely N-dealkylation sites (N-methyl/N-ethyl adjacent to an activating group) is 1. The Bertz CT molecular complexity index is 158. The molecule has 3 unspecified atom stereocenters. The summed E-state index contributed by atoms with van der Waals surface area (Å²) in [5, 5.41) is 3.49. The van der Waals surface area contributed by atoms with Gasteiger partial charge in [-0.05, 0) is 18.9 Å². The van der Waals surface area contributed by atoms with Crippen molar-refractivity contribution in [3.05, 3.63) is 0 Å². The number of ether oxygens (including phenoxy) is 2. The van der Waals surface area contributed by atoms with E-state index in [4.69, 9.17) is 9.47 Å². The molecule has 1 rings (SSSR count). The van der Waals surface area contributed by atoms with Crippen molar-refractivity contribution in [3.8, 4) is 0 Å². The Morgan fingerprint density at radius 2 is 2.27 bits per heavy atom. The fraction of sp³-hybridized carbons (Fsp3) is 1.00. The molecule has 1 heterocycles. The standard InChI is InChI=1S/C12H25NO2/c1-4-10(3)12(13-5-2)9-15-11-6-7-14-8-11/h10-13H,4-9H2,1-3H3. The summed E-state index contributed by atoms with van der Waals surface area (Å²) in [5.74, 6) is 0.673. The van der Waals surface area contributed by atoms with Crippen molar-refractivity contribution in [2.75, 3.05) is 26.4 Å². The lowest BCUT2D eigenvalue weighted by molar-refractivity contribution is 0.0218. The van der Waals surface area contributed by atoms with Gasteiger partial charge >= 0.3 is 0 Å². The van der Waals surface area contributed by atoms with Crippen molar-refractivity contribution >= 4 is 0 Å². The maximum Gasteiger partial charge on any atom is 0.0831 e. The summed E-state index contributed by atoms with van der Waals surface area (Å²) in [4.78, 5) is 0. The fourth-order valence-corrected chi connectivity index (χ4v) is 1.86. The van der Waals surface area contributed by atoms with Crippen molar-refractivity contribution in [2.24, 2.45) is 5.92 Å². The van der Waals surface area contributed by atoms with Crippen LogP contribution in [0.1, 0.15) is 33.6 Å². The lowest BCUT2D eigenvalue weighted by atomic mass is 10.00. The minimum absolute atomic E-state index is 0.329. The highest BCUT2D eigenvalue weighted by Crippen LogP contribution is 2.12. The summed E-state index contributed by atoms with van der Waals surface area (Å²) in [6.07, 6.45) is 2.58. The number of hydrogen-bond acceptors (Lipinski definition) is 3. The number of nitrogens with one attached hydrogen (secondary N) is 1. The summed E-state index contributed by atoms with van der Waals surface area (Å²) in [5.41, 5.74) is 0. The highest BCUT2D eigenvalue weighted by Gasteiger charge is 2.20. The third-order valence-corrected chi connectivity index (χ3v) is 3.20. The molecular weight excluding hydrogens is 190 g/mol. The summed E-state index contributed by atoms with van der Waals surface area (Å²) >= 11 is 0. The number of hydrogen-bond donors (Lipinski definition) is 1. The van der Waals surface area contributed by atoms with Gasteiger partial charge in [0.15, 0.2) is 0 Å². The smallest absolute Gasteiger partial charge is 0.0831 e. The summed E-state index contributed by atoms with van der Waals surface area (Å²) in [6, 6.07) is 0.487. The molecule has 0 amide bonds. The van der Waals surface area contributed by atoms with Gasteiger partial charge in [-0.2, -0.15) is 0 Å². The first-order valence-electron chi connectivity index (χ1n) is 6.20. The molecule has 0 aromatic heterocycles. The normalized spacial score (nSPS) is 25.4. The van der Waals surface area contributed by atoms with Crippen molar-refractivity contribution in [3.63, 3.8) is 0 Å². The topological polar surface area (TPSA) is 30.5 Å². The molecule has 0 radical (unpaired) electrons. The highest BCUT2D eigenvalue weighted by molar-refractivity contribution is 4.73. The van der Waals surface area contributed by atoms with E-state index in [9.17, 15) is 0 Å². The Morgan fingerprint density at radius 3 is 2.80 bits per heavy atom. The minimum atomic E-state index is 0.329. The average Bonchev–Trinajstić information content (AvgIpc) is 2.76. The van der Waals surface area contributed by atoms with Crippen LogP contribution in [0.5, 0.6) is 0 Å². The molecule has 1 N–H and O–H groups in total. The van der Waals surface area contributed by atoms with E-state index in [2.05, 4.69) is 26.1 Å². The lowest BCUT2D eigenvalue weighted by Gasteiger charge is -2.25. The predicted octanol–water partition coefficient (Wildman–Crippen LogP) is 1.82. The van der Waals surface area contributed by atoms with Crippen molar-refractivity contribution in [2.45, 2.75) is 45.8 Å². The Kier molecular flexibility index (Phi) is 6.22. The van der Waals surface area contributed by atoms with Crippen LogP contribution in [-0.4, -0.2) is 38.5 Å². The van der Waals surface area contributed by atoms with E-state index in [1.54, 1.807) is 0 Å². The molecule has 0 aromatic carbocycles. The summed E-state index contributed by atoms with van der Waals surface area (Å²) in [6.45, 7) is 10.1. The van der Waals surface area contributed by atoms with Gasteiger partial charge in [0.2, 0.25) is 0 Å². The summed E-state index contributed by atoms with van der Waals surface area (Å²) < 4.78 is 11.1. The zero-order valence-electron chi connectivity index (χ0n) is 10.3. The Labute approximate surface area is 93.5 Å². The molecule has 3 nitrogen and oxygen atoms in total. The van der Waals surface area contributed by atoms with E-state index in [1.807, 2.05) is 0 Å². The van der Waals surface area contributed by atoms with Crippen molar-refractivity contribution in [1.82, 2.24) is 5.32 Å². The van der Waals surface area contributed by atoms with Gasteiger partial charge in [-0.15, -0.1) is 0 Å². The summed E-state index contributed by atoms with van der Waals surface area (Å²) in [7, 11) is 0. The Hall–Kier alpha value is -0.120. The molecule has 1 fully saturated rings. The second kappa shape index (κ2) is 7.20. The van der Waals surface area contributed by atoms with Crippen LogP contribution in [0.4, 0.5) is 0 Å². The average molecular weight is 215 g/mol. The third-order valence-electron chi connectivity index (χ3n) is 3.20. The molecule has 3 atom stereocenters.